The molecule has 1 aliphatic rings. The second-order valence-corrected chi connectivity index (χ2v) is 4.21. The Morgan fingerprint density at radius 3 is 3.00 bits per heavy atom. The monoisotopic (exact) mass is 230 g/mol. The van der Waals surface area contributed by atoms with E-state index in [1.807, 2.05) is 0 Å². The van der Waals surface area contributed by atoms with Crippen molar-refractivity contribution >= 4 is 11.6 Å². The first-order chi connectivity index (χ1) is 7.35. The van der Waals surface area contributed by atoms with Crippen molar-refractivity contribution in [1.29, 1.82) is 0 Å². The molecule has 5 heteroatoms. The summed E-state index contributed by atoms with van der Waals surface area (Å²) in [4.78, 5) is 4.32. The first kappa shape index (κ1) is 10.9. The molecule has 1 saturated carbocycles. The predicted octanol–water partition coefficient (Wildman–Crippen LogP) is 2.34. The maximum atomic E-state index is 5.59. The van der Waals surface area contributed by atoms with Gasteiger partial charge < -0.3 is 9.26 Å². The van der Waals surface area contributed by atoms with Gasteiger partial charge in [-0.25, -0.2) is 0 Å². The van der Waals surface area contributed by atoms with Crippen LogP contribution >= 0.6 is 11.6 Å². The molecule has 1 aliphatic carbocycles. The number of aryl methyl sites for hydroxylation is 1. The van der Waals surface area contributed by atoms with Gasteiger partial charge in [0.05, 0.1) is 0 Å². The molecule has 0 N–H and O–H groups in total. The zero-order chi connectivity index (χ0) is 10.7. The van der Waals surface area contributed by atoms with Gasteiger partial charge in [-0.05, 0) is 25.2 Å². The Kier molecular flexibility index (Phi) is 3.59. The number of hydrogen-bond donors (Lipinski definition) is 0. The molecule has 0 saturated heterocycles. The van der Waals surface area contributed by atoms with E-state index in [2.05, 4.69) is 10.1 Å². The Labute approximate surface area is 93.9 Å². The Morgan fingerprint density at radius 2 is 2.40 bits per heavy atom. The summed E-state index contributed by atoms with van der Waals surface area (Å²) in [7, 11) is 1.69. The van der Waals surface area contributed by atoms with Gasteiger partial charge in [0.15, 0.2) is 0 Å². The third kappa shape index (κ3) is 2.69. The molecule has 0 aromatic carbocycles. The fourth-order valence-corrected chi connectivity index (χ4v) is 1.74. The second-order valence-electron chi connectivity index (χ2n) is 3.83. The molecule has 2 rings (SSSR count). The van der Waals surface area contributed by atoms with Crippen LogP contribution < -0.4 is 0 Å². The van der Waals surface area contributed by atoms with E-state index in [1.165, 1.54) is 12.8 Å². The van der Waals surface area contributed by atoms with E-state index in [1.54, 1.807) is 7.11 Å². The van der Waals surface area contributed by atoms with Crippen LogP contribution in [-0.4, -0.2) is 23.1 Å². The van der Waals surface area contributed by atoms with Crippen LogP contribution in [-0.2, 0) is 11.2 Å². The van der Waals surface area contributed by atoms with E-state index in [0.29, 0.717) is 23.5 Å². The highest BCUT2D eigenvalue weighted by Gasteiger charge is 2.35. The first-order valence-electron chi connectivity index (χ1n) is 5.26. The van der Waals surface area contributed by atoms with E-state index in [4.69, 9.17) is 20.9 Å². The van der Waals surface area contributed by atoms with Crippen molar-refractivity contribution < 1.29 is 9.26 Å². The molecule has 0 bridgehead atoms. The number of aromatic nitrogens is 2. The van der Waals surface area contributed by atoms with Gasteiger partial charge in [-0.15, -0.1) is 11.6 Å². The molecule has 84 valence electrons. The molecule has 1 fully saturated rings. The summed E-state index contributed by atoms with van der Waals surface area (Å²) < 4.78 is 10.5. The molecule has 15 heavy (non-hydrogen) atoms. The maximum absolute atomic E-state index is 5.59. The van der Waals surface area contributed by atoms with Crippen LogP contribution in [0.2, 0.25) is 0 Å². The number of nitrogens with zero attached hydrogens (tertiary/aromatic N) is 2. The molecule has 1 atom stereocenters. The van der Waals surface area contributed by atoms with Crippen LogP contribution in [0.15, 0.2) is 4.52 Å². The van der Waals surface area contributed by atoms with Gasteiger partial charge in [-0.2, -0.15) is 4.98 Å². The Balaban J connectivity index is 1.98. The average molecular weight is 231 g/mol. The van der Waals surface area contributed by atoms with Crippen LogP contribution in [0.5, 0.6) is 0 Å². The maximum Gasteiger partial charge on any atom is 0.226 e. The fraction of sp³-hybridized carbons (Fsp3) is 0.800. The highest BCUT2D eigenvalue weighted by Crippen LogP contribution is 2.41. The van der Waals surface area contributed by atoms with Crippen molar-refractivity contribution in [3.63, 3.8) is 0 Å². The molecular weight excluding hydrogens is 216 g/mol. The molecule has 1 aromatic heterocycles. The zero-order valence-corrected chi connectivity index (χ0v) is 9.54. The number of methoxy groups -OCH3 is 1. The smallest absolute Gasteiger partial charge is 0.226 e. The van der Waals surface area contributed by atoms with E-state index in [9.17, 15) is 0 Å². The van der Waals surface area contributed by atoms with Crippen molar-refractivity contribution in [1.82, 2.24) is 10.1 Å². The van der Waals surface area contributed by atoms with E-state index in [-0.39, 0.29) is 6.10 Å². The van der Waals surface area contributed by atoms with Gasteiger partial charge in [0.1, 0.15) is 6.10 Å². The second kappa shape index (κ2) is 4.94. The summed E-state index contributed by atoms with van der Waals surface area (Å²) >= 11 is 5.59. The summed E-state index contributed by atoms with van der Waals surface area (Å²) in [6, 6.07) is 0. The molecule has 1 aromatic rings. The quantitative estimate of drug-likeness (QED) is 0.704. The summed E-state index contributed by atoms with van der Waals surface area (Å²) in [5.41, 5.74) is 0. The molecule has 0 amide bonds. The van der Waals surface area contributed by atoms with Crippen LogP contribution in [0, 0.1) is 5.92 Å². The van der Waals surface area contributed by atoms with Crippen molar-refractivity contribution in [3.05, 3.63) is 11.7 Å². The summed E-state index contributed by atoms with van der Waals surface area (Å²) in [5.74, 6) is 2.54. The van der Waals surface area contributed by atoms with Crippen molar-refractivity contribution in [2.24, 2.45) is 5.92 Å². The summed E-state index contributed by atoms with van der Waals surface area (Å²) in [6.07, 6.45) is 4.02. The van der Waals surface area contributed by atoms with Crippen LogP contribution in [0.4, 0.5) is 0 Å². The SMILES string of the molecule is COC(c1noc(CCCCl)n1)C1CC1. The number of ether oxygens (including phenoxy) is 1. The van der Waals surface area contributed by atoms with Gasteiger partial charge in [-0.3, -0.25) is 0 Å². The Hall–Kier alpha value is -0.610. The molecule has 0 aliphatic heterocycles. The van der Waals surface area contributed by atoms with Crippen LogP contribution in [0.25, 0.3) is 0 Å². The van der Waals surface area contributed by atoms with Gasteiger partial charge in [0, 0.05) is 19.4 Å². The summed E-state index contributed by atoms with van der Waals surface area (Å²) in [5, 5.41) is 3.95. The first-order valence-corrected chi connectivity index (χ1v) is 5.80. The number of alkyl halides is 1. The van der Waals surface area contributed by atoms with Gasteiger partial charge in [-0.1, -0.05) is 5.16 Å². The summed E-state index contributed by atoms with van der Waals surface area (Å²) in [6.45, 7) is 0. The Morgan fingerprint density at radius 1 is 1.60 bits per heavy atom. The van der Waals surface area contributed by atoms with Gasteiger partial charge in [0.2, 0.25) is 11.7 Å². The molecular formula is C10H15ClN2O2. The van der Waals surface area contributed by atoms with Gasteiger partial charge in [0.25, 0.3) is 0 Å². The topological polar surface area (TPSA) is 48.2 Å². The van der Waals surface area contributed by atoms with Crippen molar-refractivity contribution in [3.8, 4) is 0 Å². The van der Waals surface area contributed by atoms with Crippen LogP contribution in [0.3, 0.4) is 0 Å². The largest absolute Gasteiger partial charge is 0.373 e. The lowest BCUT2D eigenvalue weighted by molar-refractivity contribution is 0.0751. The average Bonchev–Trinajstić information content (AvgIpc) is 2.96. The number of rotatable bonds is 6. The highest BCUT2D eigenvalue weighted by atomic mass is 35.5. The molecule has 4 nitrogen and oxygen atoms in total. The lowest BCUT2D eigenvalue weighted by Gasteiger charge is -2.07. The molecule has 0 radical (unpaired) electrons. The minimum absolute atomic E-state index is 0.0125. The third-order valence-corrected chi connectivity index (χ3v) is 2.83. The number of halogens is 1. The Bertz CT molecular complexity index is 312. The zero-order valence-electron chi connectivity index (χ0n) is 8.78. The molecule has 0 spiro atoms. The van der Waals surface area contributed by atoms with Crippen LogP contribution in [0.1, 0.15) is 37.1 Å². The highest BCUT2D eigenvalue weighted by molar-refractivity contribution is 6.17. The minimum atomic E-state index is 0.0125. The minimum Gasteiger partial charge on any atom is -0.373 e. The number of hydrogen-bond acceptors (Lipinski definition) is 4. The van der Waals surface area contributed by atoms with E-state index >= 15 is 0 Å². The van der Waals surface area contributed by atoms with Gasteiger partial charge >= 0.3 is 0 Å². The standard InChI is InChI=1S/C10H15ClN2O2/c1-14-9(7-4-5-7)10-12-8(15-13-10)3-2-6-11/h7,9H,2-6H2,1H3. The predicted molar refractivity (Wildman–Crippen MR) is 55.8 cm³/mol. The normalized spacial score (nSPS) is 18.0. The molecule has 1 heterocycles. The van der Waals surface area contributed by atoms with E-state index in [0.717, 1.165) is 12.8 Å². The van der Waals surface area contributed by atoms with Crippen molar-refractivity contribution in [2.75, 3.05) is 13.0 Å². The third-order valence-electron chi connectivity index (χ3n) is 2.57. The molecule has 1 unspecified atom stereocenters. The van der Waals surface area contributed by atoms with Crippen molar-refractivity contribution in [2.45, 2.75) is 31.8 Å². The lowest BCUT2D eigenvalue weighted by Crippen LogP contribution is -2.05. The fourth-order valence-electron chi connectivity index (χ4n) is 1.61. The van der Waals surface area contributed by atoms with E-state index < -0.39 is 0 Å². The lowest BCUT2D eigenvalue weighted by atomic mass is 10.2.